The molecule has 0 bridgehead atoms. The molecule has 34 heavy (non-hydrogen) atoms. The van der Waals surface area contributed by atoms with Crippen molar-refractivity contribution >= 4 is 23.5 Å². The van der Waals surface area contributed by atoms with E-state index < -0.39 is 5.97 Å². The summed E-state index contributed by atoms with van der Waals surface area (Å²) in [6.45, 7) is 0.938. The van der Waals surface area contributed by atoms with Gasteiger partial charge < -0.3 is 15.0 Å². The molecular formula is C26H33N3O5. The van der Waals surface area contributed by atoms with Crippen molar-refractivity contribution in [3.8, 4) is 0 Å². The van der Waals surface area contributed by atoms with Gasteiger partial charge in [0.1, 0.15) is 6.54 Å². The van der Waals surface area contributed by atoms with Crippen molar-refractivity contribution in [2.45, 2.75) is 64.3 Å². The third-order valence-corrected chi connectivity index (χ3v) is 6.05. The van der Waals surface area contributed by atoms with Gasteiger partial charge in [0.25, 0.3) is 17.4 Å². The van der Waals surface area contributed by atoms with E-state index in [9.17, 15) is 19.2 Å². The van der Waals surface area contributed by atoms with E-state index in [4.69, 9.17) is 5.11 Å². The monoisotopic (exact) mass is 467 g/mol. The van der Waals surface area contributed by atoms with Crippen LogP contribution in [0.3, 0.4) is 0 Å². The van der Waals surface area contributed by atoms with E-state index in [1.54, 1.807) is 36.5 Å². The number of unbranched alkanes of at least 4 members (excludes halogenated alkanes) is 8. The van der Waals surface area contributed by atoms with Gasteiger partial charge in [-0.05, 0) is 31.0 Å². The molecule has 182 valence electrons. The van der Waals surface area contributed by atoms with E-state index in [1.165, 1.54) is 28.4 Å². The van der Waals surface area contributed by atoms with Crippen molar-refractivity contribution in [3.05, 3.63) is 64.1 Å². The van der Waals surface area contributed by atoms with E-state index in [1.807, 2.05) is 0 Å². The molecule has 1 aliphatic heterocycles. The van der Waals surface area contributed by atoms with Crippen LogP contribution in [0.2, 0.25) is 0 Å². The number of carboxylic acids is 1. The number of carbonyl (C=O) groups is 3. The summed E-state index contributed by atoms with van der Waals surface area (Å²) in [7, 11) is 0. The molecule has 2 amide bonds. The van der Waals surface area contributed by atoms with Crippen LogP contribution in [0.15, 0.2) is 47.4 Å². The Labute approximate surface area is 199 Å². The van der Waals surface area contributed by atoms with Crippen LogP contribution in [0.4, 0.5) is 5.69 Å². The number of aromatic nitrogens is 1. The number of hydrogen-bond donors (Lipinski definition) is 2. The summed E-state index contributed by atoms with van der Waals surface area (Å²) in [5, 5.41) is 12.1. The maximum atomic E-state index is 12.3. The molecule has 0 saturated heterocycles. The maximum absolute atomic E-state index is 12.3. The molecule has 0 spiro atoms. The van der Waals surface area contributed by atoms with Gasteiger partial charge in [0.2, 0.25) is 0 Å². The summed E-state index contributed by atoms with van der Waals surface area (Å²) in [5.41, 5.74) is 1.47. The number of rotatable bonds is 15. The Hall–Kier alpha value is -3.42. The fraction of sp³-hybridized carbons (Fsp3) is 0.462. The molecule has 0 unspecified atom stereocenters. The highest BCUT2D eigenvalue weighted by molar-refractivity contribution is 6.21. The number of imide groups is 1. The number of aliphatic carboxylic acids is 1. The van der Waals surface area contributed by atoms with E-state index in [-0.39, 0.29) is 23.9 Å². The topological polar surface area (TPSA) is 109 Å². The zero-order chi connectivity index (χ0) is 24.3. The maximum Gasteiger partial charge on any atom is 0.323 e. The summed E-state index contributed by atoms with van der Waals surface area (Å²) < 4.78 is 1.19. The number of nitrogens with one attached hydrogen (secondary N) is 1. The van der Waals surface area contributed by atoms with Gasteiger partial charge in [-0.15, -0.1) is 0 Å². The number of nitrogens with zero attached hydrogens (tertiary/aromatic N) is 2. The van der Waals surface area contributed by atoms with Crippen LogP contribution < -0.4 is 10.9 Å². The van der Waals surface area contributed by atoms with Crippen LogP contribution in [-0.4, -0.2) is 45.4 Å². The lowest BCUT2D eigenvalue weighted by atomic mass is 10.1. The first kappa shape index (κ1) is 25.2. The summed E-state index contributed by atoms with van der Waals surface area (Å²) >= 11 is 0. The Bertz CT molecular complexity index is 1030. The van der Waals surface area contributed by atoms with E-state index in [0.29, 0.717) is 17.7 Å². The SMILES string of the molecule is O=C(O)Cn1cc(NCCCCCCCCCCCN2C(=O)c3ccccc3C2=O)ccc1=O. The second-order valence-corrected chi connectivity index (χ2v) is 8.69. The van der Waals surface area contributed by atoms with Crippen molar-refractivity contribution in [1.29, 1.82) is 0 Å². The zero-order valence-electron chi connectivity index (χ0n) is 19.5. The van der Waals surface area contributed by atoms with Crippen LogP contribution in [-0.2, 0) is 11.3 Å². The lowest BCUT2D eigenvalue weighted by Crippen LogP contribution is -2.30. The molecule has 0 aliphatic carbocycles. The molecule has 0 atom stereocenters. The predicted molar refractivity (Wildman–Crippen MR) is 130 cm³/mol. The molecule has 2 heterocycles. The summed E-state index contributed by atoms with van der Waals surface area (Å²) in [4.78, 5) is 48.5. The first-order valence-corrected chi connectivity index (χ1v) is 12.1. The van der Waals surface area contributed by atoms with Crippen molar-refractivity contribution < 1.29 is 19.5 Å². The molecule has 1 aromatic carbocycles. The molecule has 2 N–H and O–H groups in total. The fourth-order valence-electron chi connectivity index (χ4n) is 4.21. The van der Waals surface area contributed by atoms with Crippen LogP contribution in [0.5, 0.6) is 0 Å². The molecule has 1 aromatic heterocycles. The minimum Gasteiger partial charge on any atom is -0.480 e. The van der Waals surface area contributed by atoms with Crippen LogP contribution >= 0.6 is 0 Å². The van der Waals surface area contributed by atoms with Crippen molar-refractivity contribution in [2.24, 2.45) is 0 Å². The predicted octanol–water partition coefficient (Wildman–Crippen LogP) is 4.15. The van der Waals surface area contributed by atoms with Crippen molar-refractivity contribution in [1.82, 2.24) is 9.47 Å². The van der Waals surface area contributed by atoms with Gasteiger partial charge in [0, 0.05) is 25.4 Å². The first-order chi connectivity index (χ1) is 16.5. The standard InChI is InChI=1S/C26H33N3O5/c30-23-15-14-20(18-28(23)19-24(31)32)27-16-10-6-4-2-1-3-5-7-11-17-29-25(33)21-12-8-9-13-22(21)26(29)34/h8-9,12-15,18,27H,1-7,10-11,16-17,19H2,(H,31,32). The average molecular weight is 468 g/mol. The van der Waals surface area contributed by atoms with Gasteiger partial charge >= 0.3 is 5.97 Å². The zero-order valence-corrected chi connectivity index (χ0v) is 19.5. The van der Waals surface area contributed by atoms with Crippen LogP contribution in [0.25, 0.3) is 0 Å². The van der Waals surface area contributed by atoms with Crippen LogP contribution in [0.1, 0.15) is 78.5 Å². The Morgan fingerprint density at radius 1 is 0.765 bits per heavy atom. The molecule has 8 nitrogen and oxygen atoms in total. The van der Waals surface area contributed by atoms with Gasteiger partial charge in [0.05, 0.1) is 16.8 Å². The largest absolute Gasteiger partial charge is 0.480 e. The molecule has 0 radical (unpaired) electrons. The number of fused-ring (bicyclic) bond motifs is 1. The molecule has 3 rings (SSSR count). The number of carbonyl (C=O) groups excluding carboxylic acids is 2. The molecule has 0 saturated carbocycles. The summed E-state index contributed by atoms with van der Waals surface area (Å²) in [6, 6.07) is 10.1. The summed E-state index contributed by atoms with van der Waals surface area (Å²) in [5.74, 6) is -1.38. The second-order valence-electron chi connectivity index (χ2n) is 8.69. The van der Waals surface area contributed by atoms with Crippen molar-refractivity contribution in [3.63, 3.8) is 0 Å². The van der Waals surface area contributed by atoms with E-state index >= 15 is 0 Å². The Kier molecular flexibility index (Phi) is 9.43. The minimum absolute atomic E-state index is 0.169. The normalized spacial score (nSPS) is 12.8. The van der Waals surface area contributed by atoms with Gasteiger partial charge in [-0.25, -0.2) is 0 Å². The molecule has 8 heteroatoms. The highest BCUT2D eigenvalue weighted by atomic mass is 16.4. The lowest BCUT2D eigenvalue weighted by molar-refractivity contribution is -0.137. The Morgan fingerprint density at radius 2 is 1.32 bits per heavy atom. The minimum atomic E-state index is -1.04. The third-order valence-electron chi connectivity index (χ3n) is 6.05. The third kappa shape index (κ3) is 7.04. The number of hydrogen-bond acceptors (Lipinski definition) is 5. The summed E-state index contributed by atoms with van der Waals surface area (Å²) in [6.07, 6.45) is 11.3. The number of anilines is 1. The number of pyridine rings is 1. The molecule has 0 fully saturated rings. The van der Waals surface area contributed by atoms with E-state index in [2.05, 4.69) is 5.32 Å². The molecule has 1 aliphatic rings. The Morgan fingerprint density at radius 3 is 1.91 bits per heavy atom. The lowest BCUT2D eigenvalue weighted by Gasteiger charge is -2.13. The molecule has 2 aromatic rings. The van der Waals surface area contributed by atoms with E-state index in [0.717, 1.165) is 57.2 Å². The van der Waals surface area contributed by atoms with Gasteiger partial charge in [0.15, 0.2) is 0 Å². The number of amides is 2. The average Bonchev–Trinajstić information content (AvgIpc) is 3.06. The van der Waals surface area contributed by atoms with Gasteiger partial charge in [-0.1, -0.05) is 57.1 Å². The smallest absolute Gasteiger partial charge is 0.323 e. The molecular weight excluding hydrogens is 434 g/mol. The van der Waals surface area contributed by atoms with Gasteiger partial charge in [-0.2, -0.15) is 0 Å². The fourth-order valence-corrected chi connectivity index (χ4v) is 4.21. The Balaban J connectivity index is 1.18. The number of carboxylic acid groups (broad SMARTS) is 1. The first-order valence-electron chi connectivity index (χ1n) is 12.1. The quantitative estimate of drug-likeness (QED) is 0.301. The highest BCUT2D eigenvalue weighted by Crippen LogP contribution is 2.23. The number of benzene rings is 1. The highest BCUT2D eigenvalue weighted by Gasteiger charge is 2.34. The second kappa shape index (κ2) is 12.7. The van der Waals surface area contributed by atoms with Crippen LogP contribution in [0, 0.1) is 0 Å². The van der Waals surface area contributed by atoms with Crippen molar-refractivity contribution in [2.75, 3.05) is 18.4 Å². The van der Waals surface area contributed by atoms with Gasteiger partial charge in [-0.3, -0.25) is 24.1 Å².